The lowest BCUT2D eigenvalue weighted by molar-refractivity contribution is 0.491. The van der Waals surface area contributed by atoms with Crippen LogP contribution in [0.5, 0.6) is 0 Å². The SMILES string of the molecule is Cc1nc(-c2ccccc2S(=O)(=O)NC(C)(C)C)c2ccccc2n1. The van der Waals surface area contributed by atoms with Gasteiger partial charge in [-0.1, -0.05) is 36.4 Å². The van der Waals surface area contributed by atoms with Gasteiger partial charge in [0, 0.05) is 16.5 Å². The van der Waals surface area contributed by atoms with Crippen LogP contribution in [-0.2, 0) is 10.0 Å². The minimum Gasteiger partial charge on any atom is -0.233 e. The van der Waals surface area contributed by atoms with Crippen LogP contribution < -0.4 is 4.72 Å². The summed E-state index contributed by atoms with van der Waals surface area (Å²) < 4.78 is 28.5. The Morgan fingerprint density at radius 3 is 2.28 bits per heavy atom. The van der Waals surface area contributed by atoms with E-state index in [1.165, 1.54) is 0 Å². The second-order valence-electron chi connectivity index (χ2n) is 6.99. The number of nitrogens with zero attached hydrogens (tertiary/aromatic N) is 2. The van der Waals surface area contributed by atoms with E-state index >= 15 is 0 Å². The van der Waals surface area contributed by atoms with Gasteiger partial charge in [-0.2, -0.15) is 0 Å². The molecular weight excluding hydrogens is 334 g/mol. The number of fused-ring (bicyclic) bond motifs is 1. The molecule has 0 aliphatic rings. The summed E-state index contributed by atoms with van der Waals surface area (Å²) in [6.07, 6.45) is 0. The van der Waals surface area contributed by atoms with Crippen LogP contribution in [0.25, 0.3) is 22.2 Å². The van der Waals surface area contributed by atoms with E-state index in [2.05, 4.69) is 14.7 Å². The van der Waals surface area contributed by atoms with Crippen LogP contribution in [0.2, 0.25) is 0 Å². The summed E-state index contributed by atoms with van der Waals surface area (Å²) in [6.45, 7) is 7.26. The van der Waals surface area contributed by atoms with Crippen LogP contribution >= 0.6 is 0 Å². The monoisotopic (exact) mass is 355 g/mol. The van der Waals surface area contributed by atoms with Crippen molar-refractivity contribution in [3.05, 3.63) is 54.4 Å². The van der Waals surface area contributed by atoms with Crippen LogP contribution in [0.15, 0.2) is 53.4 Å². The Balaban J connectivity index is 2.28. The van der Waals surface area contributed by atoms with E-state index in [1.807, 2.05) is 51.1 Å². The van der Waals surface area contributed by atoms with E-state index in [0.717, 1.165) is 10.9 Å². The number of aryl methyl sites for hydroxylation is 1. The molecule has 0 aliphatic heterocycles. The van der Waals surface area contributed by atoms with E-state index in [-0.39, 0.29) is 4.90 Å². The van der Waals surface area contributed by atoms with Crippen LogP contribution in [0.4, 0.5) is 0 Å². The predicted octanol–water partition coefficient (Wildman–Crippen LogP) is 3.68. The van der Waals surface area contributed by atoms with Gasteiger partial charge in [0.2, 0.25) is 10.0 Å². The van der Waals surface area contributed by atoms with Crippen LogP contribution in [0.3, 0.4) is 0 Å². The first-order valence-electron chi connectivity index (χ1n) is 8.04. The zero-order valence-corrected chi connectivity index (χ0v) is 15.6. The van der Waals surface area contributed by atoms with Crippen molar-refractivity contribution in [3.63, 3.8) is 0 Å². The summed E-state index contributed by atoms with van der Waals surface area (Å²) in [6, 6.07) is 14.5. The maximum atomic E-state index is 12.9. The van der Waals surface area contributed by atoms with Crippen molar-refractivity contribution >= 4 is 20.9 Å². The molecule has 0 bridgehead atoms. The first-order valence-corrected chi connectivity index (χ1v) is 9.52. The molecule has 130 valence electrons. The van der Waals surface area contributed by atoms with Gasteiger partial charge in [0.15, 0.2) is 0 Å². The van der Waals surface area contributed by atoms with Crippen molar-refractivity contribution in [1.29, 1.82) is 0 Å². The molecule has 0 saturated carbocycles. The van der Waals surface area contributed by atoms with E-state index in [0.29, 0.717) is 17.1 Å². The molecule has 1 heterocycles. The average molecular weight is 355 g/mol. The van der Waals surface area contributed by atoms with Crippen molar-refractivity contribution < 1.29 is 8.42 Å². The van der Waals surface area contributed by atoms with Crippen LogP contribution in [-0.4, -0.2) is 23.9 Å². The van der Waals surface area contributed by atoms with Crippen molar-refractivity contribution in [2.24, 2.45) is 0 Å². The Labute approximate surface area is 148 Å². The third-order valence-corrected chi connectivity index (χ3v) is 5.40. The van der Waals surface area contributed by atoms with E-state index in [4.69, 9.17) is 0 Å². The van der Waals surface area contributed by atoms with E-state index < -0.39 is 15.6 Å². The van der Waals surface area contributed by atoms with Gasteiger partial charge in [0.1, 0.15) is 5.82 Å². The predicted molar refractivity (Wildman–Crippen MR) is 99.8 cm³/mol. The van der Waals surface area contributed by atoms with Crippen molar-refractivity contribution in [1.82, 2.24) is 14.7 Å². The van der Waals surface area contributed by atoms with Gasteiger partial charge < -0.3 is 0 Å². The minimum atomic E-state index is -3.69. The summed E-state index contributed by atoms with van der Waals surface area (Å²) in [4.78, 5) is 9.19. The number of benzene rings is 2. The number of rotatable bonds is 3. The summed E-state index contributed by atoms with van der Waals surface area (Å²) in [5.74, 6) is 0.602. The first-order chi connectivity index (χ1) is 11.7. The van der Waals surface area contributed by atoms with Crippen molar-refractivity contribution in [2.75, 3.05) is 0 Å². The van der Waals surface area contributed by atoms with Gasteiger partial charge in [-0.15, -0.1) is 0 Å². The Morgan fingerprint density at radius 2 is 1.56 bits per heavy atom. The third-order valence-electron chi connectivity index (χ3n) is 3.59. The Bertz CT molecular complexity index is 1040. The molecule has 5 nitrogen and oxygen atoms in total. The fraction of sp³-hybridized carbons (Fsp3) is 0.263. The molecule has 0 saturated heterocycles. The fourth-order valence-corrected chi connectivity index (χ4v) is 4.38. The number of nitrogens with one attached hydrogen (secondary N) is 1. The Hall–Kier alpha value is -2.31. The standard InChI is InChI=1S/C19H21N3O2S/c1-13-20-16-11-7-5-9-14(16)18(21-13)15-10-6-8-12-17(15)25(23,24)22-19(2,3)4/h5-12,22H,1-4H3. The number of aromatic nitrogens is 2. The summed E-state index contributed by atoms with van der Waals surface area (Å²) in [5.41, 5.74) is 1.41. The first kappa shape index (κ1) is 17.5. The summed E-state index contributed by atoms with van der Waals surface area (Å²) >= 11 is 0. The molecule has 0 unspecified atom stereocenters. The largest absolute Gasteiger partial charge is 0.241 e. The highest BCUT2D eigenvalue weighted by atomic mass is 32.2. The van der Waals surface area contributed by atoms with Gasteiger partial charge in [0.25, 0.3) is 0 Å². The third kappa shape index (κ3) is 3.70. The van der Waals surface area contributed by atoms with Gasteiger partial charge in [-0.05, 0) is 39.8 Å². The molecule has 0 amide bonds. The van der Waals surface area contributed by atoms with Gasteiger partial charge in [-0.3, -0.25) is 0 Å². The van der Waals surface area contributed by atoms with E-state index in [9.17, 15) is 8.42 Å². The molecular formula is C19H21N3O2S. The lowest BCUT2D eigenvalue weighted by Gasteiger charge is -2.21. The number of hydrogen-bond donors (Lipinski definition) is 1. The highest BCUT2D eigenvalue weighted by Crippen LogP contribution is 2.31. The number of sulfonamides is 1. The topological polar surface area (TPSA) is 72.0 Å². The quantitative estimate of drug-likeness (QED) is 0.778. The zero-order chi connectivity index (χ0) is 18.2. The fourth-order valence-electron chi connectivity index (χ4n) is 2.75. The van der Waals surface area contributed by atoms with Crippen LogP contribution in [0, 0.1) is 6.92 Å². The maximum Gasteiger partial charge on any atom is 0.241 e. The molecule has 3 rings (SSSR count). The lowest BCUT2D eigenvalue weighted by atomic mass is 10.1. The maximum absolute atomic E-state index is 12.9. The van der Waals surface area contributed by atoms with Gasteiger partial charge in [0.05, 0.1) is 16.1 Å². The molecule has 25 heavy (non-hydrogen) atoms. The molecule has 3 aromatic rings. The minimum absolute atomic E-state index is 0.216. The molecule has 0 aliphatic carbocycles. The highest BCUT2D eigenvalue weighted by Gasteiger charge is 2.25. The van der Waals surface area contributed by atoms with E-state index in [1.54, 1.807) is 25.1 Å². The second kappa shape index (κ2) is 6.20. The zero-order valence-electron chi connectivity index (χ0n) is 14.7. The molecule has 1 N–H and O–H groups in total. The molecule has 2 aromatic carbocycles. The highest BCUT2D eigenvalue weighted by molar-refractivity contribution is 7.89. The molecule has 1 aromatic heterocycles. The molecule has 0 fully saturated rings. The second-order valence-corrected chi connectivity index (χ2v) is 8.64. The van der Waals surface area contributed by atoms with Gasteiger partial charge >= 0.3 is 0 Å². The van der Waals surface area contributed by atoms with Crippen molar-refractivity contribution in [2.45, 2.75) is 38.1 Å². The lowest BCUT2D eigenvalue weighted by Crippen LogP contribution is -2.40. The normalized spacial score (nSPS) is 12.5. The molecule has 0 atom stereocenters. The molecule has 0 spiro atoms. The number of hydrogen-bond acceptors (Lipinski definition) is 4. The smallest absolute Gasteiger partial charge is 0.233 e. The summed E-state index contributed by atoms with van der Waals surface area (Å²) in [7, 11) is -3.69. The number of para-hydroxylation sites is 1. The Kier molecular flexibility index (Phi) is 4.34. The van der Waals surface area contributed by atoms with Gasteiger partial charge in [-0.25, -0.2) is 23.1 Å². The average Bonchev–Trinajstić information content (AvgIpc) is 2.52. The molecule has 6 heteroatoms. The van der Waals surface area contributed by atoms with Crippen LogP contribution in [0.1, 0.15) is 26.6 Å². The summed E-state index contributed by atoms with van der Waals surface area (Å²) in [5, 5.41) is 0.825. The Morgan fingerprint density at radius 1 is 0.920 bits per heavy atom. The molecule has 0 radical (unpaired) electrons. The van der Waals surface area contributed by atoms with Crippen molar-refractivity contribution in [3.8, 4) is 11.3 Å².